The van der Waals surface area contributed by atoms with Crippen molar-refractivity contribution in [2.75, 3.05) is 7.11 Å². The van der Waals surface area contributed by atoms with Crippen molar-refractivity contribution >= 4 is 29.2 Å². The molecule has 4 aromatic rings. The molecule has 4 aromatic carbocycles. The van der Waals surface area contributed by atoms with Crippen LogP contribution in [0.3, 0.4) is 0 Å². The third-order valence-corrected chi connectivity index (χ3v) is 25.1. The van der Waals surface area contributed by atoms with Crippen LogP contribution in [-0.2, 0) is 47.0 Å². The Bertz CT molecular complexity index is 2210. The van der Waals surface area contributed by atoms with Crippen molar-refractivity contribution in [3.05, 3.63) is 121 Å². The monoisotopic (exact) mass is 836 g/mol. The first-order valence-electron chi connectivity index (χ1n) is 20.0. The standard InChI is InChI=1S/C29H39O.C21H21.2ClH.Zr/c1-18-12-19-16-24(29(8,9)10)26(30-11)25(23(19)13-18)20-14-21(27(2,3)4)17-22(15-20)28(5,6)7;1-13-7-14(2)10-18(9-13)21-19-6-4-5-16(19)12-17-8-15(3)11-20(17)21;;;/h12-17H,1-11H3;7-12H,4-6H2,1-3H3;2*1H;/q;;;;+2/p-2. The minimum atomic E-state index is -4.24. The number of aryl methyl sites for hydroxylation is 3. The van der Waals surface area contributed by atoms with Gasteiger partial charge in [0.2, 0.25) is 0 Å². The number of allylic oxidation sites excluding steroid dienone is 2. The quantitative estimate of drug-likeness (QED) is 0.195. The van der Waals surface area contributed by atoms with Crippen LogP contribution in [0, 0.1) is 13.8 Å². The third-order valence-electron chi connectivity index (χ3n) is 12.3. The molecule has 0 aliphatic heterocycles. The van der Waals surface area contributed by atoms with E-state index in [1.807, 2.05) is 7.11 Å². The fourth-order valence-corrected chi connectivity index (χ4v) is 24.0. The normalized spacial score (nSPS) is 18.4. The molecule has 2 atom stereocenters. The van der Waals surface area contributed by atoms with Crippen LogP contribution in [0.2, 0.25) is 0 Å². The van der Waals surface area contributed by atoms with Crippen molar-refractivity contribution in [2.24, 2.45) is 0 Å². The fraction of sp³-hybridized carbons (Fsp3) is 0.440. The van der Waals surface area contributed by atoms with E-state index in [1.54, 1.807) is 0 Å². The summed E-state index contributed by atoms with van der Waals surface area (Å²) in [7, 11) is 18.4. The van der Waals surface area contributed by atoms with Gasteiger partial charge in [0.05, 0.1) is 0 Å². The Balaban J connectivity index is 1.47. The maximum atomic E-state index is 8.27. The van der Waals surface area contributed by atoms with E-state index in [4.69, 9.17) is 21.8 Å². The molecule has 0 saturated heterocycles. The van der Waals surface area contributed by atoms with Gasteiger partial charge in [0.25, 0.3) is 0 Å². The van der Waals surface area contributed by atoms with Crippen molar-refractivity contribution in [3.63, 3.8) is 0 Å². The van der Waals surface area contributed by atoms with E-state index in [9.17, 15) is 0 Å². The van der Waals surface area contributed by atoms with Crippen LogP contribution < -0.4 is 4.74 Å². The zero-order valence-electron chi connectivity index (χ0n) is 35.2. The van der Waals surface area contributed by atoms with Gasteiger partial charge in [0.15, 0.2) is 0 Å². The van der Waals surface area contributed by atoms with Gasteiger partial charge in [-0.25, -0.2) is 0 Å². The van der Waals surface area contributed by atoms with E-state index >= 15 is 0 Å². The predicted molar refractivity (Wildman–Crippen MR) is 232 cm³/mol. The summed E-state index contributed by atoms with van der Waals surface area (Å²) in [6.45, 7) is 29.8. The van der Waals surface area contributed by atoms with Gasteiger partial charge >= 0.3 is 341 Å². The molecule has 0 heterocycles. The Labute approximate surface area is 338 Å². The Morgan fingerprint density at radius 1 is 0.593 bits per heavy atom. The number of halogens is 2. The number of fused-ring (bicyclic) bond motifs is 3. The van der Waals surface area contributed by atoms with Crippen molar-refractivity contribution in [2.45, 2.75) is 133 Å². The molecular weight excluding hydrogens is 779 g/mol. The molecule has 0 radical (unpaired) electrons. The third kappa shape index (κ3) is 6.77. The van der Waals surface area contributed by atoms with E-state index in [2.05, 4.69) is 151 Å². The van der Waals surface area contributed by atoms with Crippen LogP contribution in [0.15, 0.2) is 59.7 Å². The molecule has 1 nitrogen and oxygen atoms in total. The van der Waals surface area contributed by atoms with Crippen LogP contribution in [0.5, 0.6) is 5.75 Å². The summed E-state index contributed by atoms with van der Waals surface area (Å²) >= 11 is -4.24. The van der Waals surface area contributed by atoms with Gasteiger partial charge in [-0.2, -0.15) is 0 Å². The molecule has 0 saturated carbocycles. The van der Waals surface area contributed by atoms with Crippen LogP contribution >= 0.6 is 17.0 Å². The number of rotatable bonds is 5. The minimum absolute atomic E-state index is 0.00602. The number of hydrogen-bond acceptors (Lipinski definition) is 1. The Kier molecular flexibility index (Phi) is 10.1. The summed E-state index contributed by atoms with van der Waals surface area (Å²) in [5.74, 6) is 0.956. The summed E-state index contributed by atoms with van der Waals surface area (Å²) in [5, 5.41) is 0. The summed E-state index contributed by atoms with van der Waals surface area (Å²) < 4.78 is 6.52. The average Bonchev–Trinajstić information content (AvgIpc) is 3.74. The van der Waals surface area contributed by atoms with Gasteiger partial charge < -0.3 is 0 Å². The Morgan fingerprint density at radius 3 is 1.59 bits per heavy atom. The van der Waals surface area contributed by atoms with Gasteiger partial charge in [0.1, 0.15) is 0 Å². The molecule has 284 valence electrons. The molecule has 0 spiro atoms. The molecule has 54 heavy (non-hydrogen) atoms. The average molecular weight is 839 g/mol. The number of methoxy groups -OCH3 is 1. The van der Waals surface area contributed by atoms with Crippen molar-refractivity contribution in [1.29, 1.82) is 0 Å². The SMILES string of the molecule is COc1c(C(C)(C)C)cc2c(c1-c1cc(C(C)(C)C)cc(C(C)(C)C)c1)C=C(C)[CH]2[Zr]([Cl])([Cl])[CH]1C(C)=Cc2c1cc1c(c2-c2cc(C)cc(C)c2)CCC1. The molecule has 3 aliphatic carbocycles. The summed E-state index contributed by atoms with van der Waals surface area (Å²) in [5.41, 5.74) is 22.2. The van der Waals surface area contributed by atoms with E-state index in [-0.39, 0.29) is 23.5 Å². The number of benzene rings is 4. The van der Waals surface area contributed by atoms with E-state index < -0.39 is 17.9 Å². The number of ether oxygens (including phenoxy) is 1. The van der Waals surface area contributed by atoms with E-state index in [0.717, 1.165) is 18.6 Å². The van der Waals surface area contributed by atoms with Crippen molar-refractivity contribution in [1.82, 2.24) is 0 Å². The zero-order valence-corrected chi connectivity index (χ0v) is 39.2. The van der Waals surface area contributed by atoms with Gasteiger partial charge in [0, 0.05) is 0 Å². The van der Waals surface area contributed by atoms with Crippen molar-refractivity contribution < 1.29 is 22.6 Å². The summed E-state index contributed by atoms with van der Waals surface area (Å²) in [6.07, 6.45) is 8.30. The molecule has 7 rings (SSSR count). The van der Waals surface area contributed by atoms with Crippen LogP contribution in [0.1, 0.15) is 151 Å². The van der Waals surface area contributed by atoms with Gasteiger partial charge in [-0.15, -0.1) is 0 Å². The predicted octanol–water partition coefficient (Wildman–Crippen LogP) is 15.1. The molecule has 4 heteroatoms. The molecule has 0 bridgehead atoms. The molecule has 0 amide bonds. The number of hydrogen-bond donors (Lipinski definition) is 0. The zero-order chi connectivity index (χ0) is 39.4. The molecule has 2 unspecified atom stereocenters. The first kappa shape index (κ1) is 39.8. The maximum absolute atomic E-state index is 8.27. The Hall–Kier alpha value is -2.38. The van der Waals surface area contributed by atoms with Crippen molar-refractivity contribution in [3.8, 4) is 28.0 Å². The van der Waals surface area contributed by atoms with Crippen LogP contribution in [-0.4, -0.2) is 7.11 Å². The fourth-order valence-electron chi connectivity index (χ4n) is 9.72. The second-order valence-corrected chi connectivity index (χ2v) is 34.5. The second kappa shape index (κ2) is 13.6. The van der Waals surface area contributed by atoms with Gasteiger partial charge in [-0.3, -0.25) is 0 Å². The van der Waals surface area contributed by atoms with Gasteiger partial charge in [-0.05, 0) is 0 Å². The molecule has 0 fully saturated rings. The molecule has 0 aromatic heterocycles. The van der Waals surface area contributed by atoms with Crippen LogP contribution in [0.25, 0.3) is 34.4 Å². The van der Waals surface area contributed by atoms with Crippen LogP contribution in [0.4, 0.5) is 0 Å². The van der Waals surface area contributed by atoms with E-state index in [1.165, 1.54) is 101 Å². The second-order valence-electron chi connectivity index (χ2n) is 19.8. The Morgan fingerprint density at radius 2 is 1.09 bits per heavy atom. The summed E-state index contributed by atoms with van der Waals surface area (Å²) in [6, 6.07) is 19.2. The topological polar surface area (TPSA) is 9.23 Å². The summed E-state index contributed by atoms with van der Waals surface area (Å²) in [4.78, 5) is 0. The van der Waals surface area contributed by atoms with Gasteiger partial charge in [-0.1, -0.05) is 0 Å². The molecule has 3 aliphatic rings. The first-order valence-corrected chi connectivity index (χ1v) is 29.1. The molecule has 0 N–H and O–H groups in total. The first-order chi connectivity index (χ1) is 25.0. The van der Waals surface area contributed by atoms with E-state index in [0.29, 0.717) is 0 Å². The molecular formula is C50H60Cl2OZr.